The number of nitrogens with zero attached hydrogens (tertiary/aromatic N) is 3. The highest BCUT2D eigenvalue weighted by Crippen LogP contribution is 2.22. The van der Waals surface area contributed by atoms with Gasteiger partial charge in [-0.05, 0) is 38.2 Å². The summed E-state index contributed by atoms with van der Waals surface area (Å²) in [5, 5.41) is 7.52. The lowest BCUT2D eigenvalue weighted by molar-refractivity contribution is 0.116. The van der Waals surface area contributed by atoms with Crippen LogP contribution in [0.25, 0.3) is 0 Å². The van der Waals surface area contributed by atoms with Crippen molar-refractivity contribution in [3.63, 3.8) is 0 Å². The molecule has 1 unspecified atom stereocenters. The molecule has 2 N–H and O–H groups in total. The number of ether oxygens (including phenoxy) is 1. The fourth-order valence-corrected chi connectivity index (χ4v) is 3.20. The summed E-state index contributed by atoms with van der Waals surface area (Å²) in [4.78, 5) is 9.08. The van der Waals surface area contributed by atoms with Crippen molar-refractivity contribution in [2.45, 2.75) is 12.5 Å². The van der Waals surface area contributed by atoms with Crippen LogP contribution in [-0.4, -0.2) is 82.8 Å². The zero-order chi connectivity index (χ0) is 18.2. The van der Waals surface area contributed by atoms with E-state index in [0.29, 0.717) is 6.04 Å². The summed E-state index contributed by atoms with van der Waals surface area (Å²) >= 11 is 6.29. The Bertz CT molecular complexity index is 587. The van der Waals surface area contributed by atoms with E-state index in [4.69, 9.17) is 16.3 Å². The van der Waals surface area contributed by atoms with E-state index in [-0.39, 0.29) is 24.0 Å². The third kappa shape index (κ3) is 7.09. The first-order valence-electron chi connectivity index (χ1n) is 8.69. The molecule has 0 amide bonds. The van der Waals surface area contributed by atoms with Crippen LogP contribution in [0, 0.1) is 0 Å². The summed E-state index contributed by atoms with van der Waals surface area (Å²) in [6.07, 6.45) is 0.829. The number of benzene rings is 1. The number of methoxy groups -OCH3 is 1. The van der Waals surface area contributed by atoms with Crippen LogP contribution in [0.3, 0.4) is 0 Å². The second kappa shape index (κ2) is 11.8. The Morgan fingerprint density at radius 2 is 2.08 bits per heavy atom. The average Bonchev–Trinajstić information content (AvgIpc) is 2.61. The van der Waals surface area contributed by atoms with Crippen LogP contribution in [0.2, 0.25) is 5.02 Å². The SMILES string of the molecule is CN=C(NCCc1ccc(OC)cc1Cl)NCC1CN(C)CCN1C.I. The molecule has 1 aromatic carbocycles. The van der Waals surface area contributed by atoms with Crippen molar-refractivity contribution >= 4 is 41.5 Å². The van der Waals surface area contributed by atoms with E-state index < -0.39 is 0 Å². The van der Waals surface area contributed by atoms with Gasteiger partial charge >= 0.3 is 0 Å². The molecule has 26 heavy (non-hydrogen) atoms. The lowest BCUT2D eigenvalue weighted by Crippen LogP contribution is -2.55. The predicted octanol–water partition coefficient (Wildman–Crippen LogP) is 1.92. The number of aliphatic imine (C=N–C) groups is 1. The second-order valence-electron chi connectivity index (χ2n) is 6.48. The third-order valence-electron chi connectivity index (χ3n) is 4.66. The normalized spacial score (nSPS) is 19.0. The Morgan fingerprint density at radius 3 is 2.73 bits per heavy atom. The molecule has 0 aromatic heterocycles. The van der Waals surface area contributed by atoms with E-state index in [2.05, 4.69) is 39.5 Å². The van der Waals surface area contributed by atoms with Gasteiger partial charge in [0.25, 0.3) is 0 Å². The van der Waals surface area contributed by atoms with E-state index in [9.17, 15) is 0 Å². The molecular formula is C18H31ClIN5O. The van der Waals surface area contributed by atoms with Crippen LogP contribution in [0.15, 0.2) is 23.2 Å². The summed E-state index contributed by atoms with van der Waals surface area (Å²) in [7, 11) is 7.79. The summed E-state index contributed by atoms with van der Waals surface area (Å²) in [5.41, 5.74) is 1.10. The maximum absolute atomic E-state index is 6.29. The maximum atomic E-state index is 6.29. The zero-order valence-corrected chi connectivity index (χ0v) is 19.2. The van der Waals surface area contributed by atoms with Crippen molar-refractivity contribution in [1.82, 2.24) is 20.4 Å². The standard InChI is InChI=1S/C18H30ClN5O.HI/c1-20-18(22-12-15-13-23(2)9-10-24(15)3)21-8-7-14-5-6-16(25-4)11-17(14)19;/h5-6,11,15H,7-10,12-13H2,1-4H3,(H2,20,21,22);1H. The lowest BCUT2D eigenvalue weighted by atomic mass is 10.1. The quantitative estimate of drug-likeness (QED) is 0.359. The topological polar surface area (TPSA) is 52.1 Å². The van der Waals surface area contributed by atoms with E-state index in [0.717, 1.165) is 61.4 Å². The Kier molecular flexibility index (Phi) is 10.6. The number of hydrogen-bond donors (Lipinski definition) is 2. The second-order valence-corrected chi connectivity index (χ2v) is 6.89. The van der Waals surface area contributed by atoms with Gasteiger partial charge in [0.1, 0.15) is 5.75 Å². The number of guanidine groups is 1. The number of nitrogens with one attached hydrogen (secondary N) is 2. The van der Waals surface area contributed by atoms with Gasteiger partial charge in [0.2, 0.25) is 0 Å². The molecule has 0 radical (unpaired) electrons. The Labute approximate surface area is 179 Å². The first kappa shape index (κ1) is 23.3. The highest BCUT2D eigenvalue weighted by molar-refractivity contribution is 14.0. The Morgan fingerprint density at radius 1 is 1.31 bits per heavy atom. The van der Waals surface area contributed by atoms with Crippen molar-refractivity contribution < 1.29 is 4.74 Å². The molecule has 1 atom stereocenters. The van der Waals surface area contributed by atoms with Gasteiger partial charge in [-0.3, -0.25) is 9.89 Å². The van der Waals surface area contributed by atoms with Crippen molar-refractivity contribution in [1.29, 1.82) is 0 Å². The molecule has 8 heteroatoms. The van der Waals surface area contributed by atoms with Gasteiger partial charge < -0.3 is 20.3 Å². The van der Waals surface area contributed by atoms with Gasteiger partial charge in [-0.15, -0.1) is 24.0 Å². The van der Waals surface area contributed by atoms with Crippen LogP contribution in [0.5, 0.6) is 5.75 Å². The van der Waals surface area contributed by atoms with Gasteiger partial charge in [-0.2, -0.15) is 0 Å². The number of hydrogen-bond acceptors (Lipinski definition) is 4. The molecule has 0 spiro atoms. The molecule has 1 aliphatic rings. The van der Waals surface area contributed by atoms with Crippen molar-refractivity contribution in [2.24, 2.45) is 4.99 Å². The fourth-order valence-electron chi connectivity index (χ4n) is 2.93. The molecular weight excluding hydrogens is 465 g/mol. The average molecular weight is 496 g/mol. The molecule has 6 nitrogen and oxygen atoms in total. The molecule has 2 rings (SSSR count). The zero-order valence-electron chi connectivity index (χ0n) is 16.1. The largest absolute Gasteiger partial charge is 0.497 e. The number of rotatable bonds is 6. The van der Waals surface area contributed by atoms with Crippen LogP contribution in [0.4, 0.5) is 0 Å². The fraction of sp³-hybridized carbons (Fsp3) is 0.611. The molecule has 1 aromatic rings. The van der Waals surface area contributed by atoms with Crippen LogP contribution < -0.4 is 15.4 Å². The number of likely N-dealkylation sites (N-methyl/N-ethyl adjacent to an activating group) is 2. The molecule has 0 saturated carbocycles. The Hall–Kier alpha value is -0.770. The summed E-state index contributed by atoms with van der Waals surface area (Å²) in [6.45, 7) is 4.95. The van der Waals surface area contributed by atoms with Crippen molar-refractivity contribution in [2.75, 3.05) is 61.0 Å². The minimum Gasteiger partial charge on any atom is -0.497 e. The maximum Gasteiger partial charge on any atom is 0.191 e. The molecule has 148 valence electrons. The molecule has 1 saturated heterocycles. The molecule has 0 aliphatic carbocycles. The number of halogens is 2. The first-order chi connectivity index (χ1) is 12.0. The summed E-state index contributed by atoms with van der Waals surface area (Å²) in [6, 6.07) is 6.28. The van der Waals surface area contributed by atoms with Gasteiger partial charge in [0.05, 0.1) is 7.11 Å². The van der Waals surface area contributed by atoms with Crippen LogP contribution in [-0.2, 0) is 6.42 Å². The molecule has 1 fully saturated rings. The first-order valence-corrected chi connectivity index (χ1v) is 9.07. The Balaban J connectivity index is 0.00000338. The predicted molar refractivity (Wildman–Crippen MR) is 120 cm³/mol. The smallest absolute Gasteiger partial charge is 0.191 e. The summed E-state index contributed by atoms with van der Waals surface area (Å²) in [5.74, 6) is 1.60. The van der Waals surface area contributed by atoms with Crippen molar-refractivity contribution in [3.8, 4) is 5.75 Å². The van der Waals surface area contributed by atoms with Gasteiger partial charge in [0.15, 0.2) is 5.96 Å². The summed E-state index contributed by atoms with van der Waals surface area (Å²) < 4.78 is 5.18. The molecule has 1 aliphatic heterocycles. The third-order valence-corrected chi connectivity index (χ3v) is 5.01. The highest BCUT2D eigenvalue weighted by atomic mass is 127. The van der Waals surface area contributed by atoms with E-state index in [1.165, 1.54) is 0 Å². The molecule has 0 bridgehead atoms. The van der Waals surface area contributed by atoms with E-state index >= 15 is 0 Å². The monoisotopic (exact) mass is 495 g/mol. The van der Waals surface area contributed by atoms with Gasteiger partial charge in [0, 0.05) is 50.8 Å². The molecule has 1 heterocycles. The van der Waals surface area contributed by atoms with Crippen LogP contribution in [0.1, 0.15) is 5.56 Å². The lowest BCUT2D eigenvalue weighted by Gasteiger charge is -2.37. The van der Waals surface area contributed by atoms with Gasteiger partial charge in [-0.1, -0.05) is 17.7 Å². The highest BCUT2D eigenvalue weighted by Gasteiger charge is 2.21. The van der Waals surface area contributed by atoms with E-state index in [1.807, 2.05) is 18.2 Å². The van der Waals surface area contributed by atoms with Crippen LogP contribution >= 0.6 is 35.6 Å². The van der Waals surface area contributed by atoms with Crippen molar-refractivity contribution in [3.05, 3.63) is 28.8 Å². The van der Waals surface area contributed by atoms with Gasteiger partial charge in [-0.25, -0.2) is 0 Å². The minimum atomic E-state index is 0. The number of piperazine rings is 1. The minimum absolute atomic E-state index is 0. The van der Waals surface area contributed by atoms with E-state index in [1.54, 1.807) is 14.2 Å².